The zero-order valence-electron chi connectivity index (χ0n) is 20.6. The molecule has 2 aromatic rings. The van der Waals surface area contributed by atoms with E-state index in [4.69, 9.17) is 10.5 Å². The van der Waals surface area contributed by atoms with Gasteiger partial charge in [-0.25, -0.2) is 23.6 Å². The van der Waals surface area contributed by atoms with Gasteiger partial charge in [-0.2, -0.15) is 0 Å². The molecule has 34 heavy (non-hydrogen) atoms. The topological polar surface area (TPSA) is 122 Å². The van der Waals surface area contributed by atoms with Crippen LogP contribution in [0.25, 0.3) is 0 Å². The fraction of sp³-hybridized carbons (Fsp3) is 0.480. The summed E-state index contributed by atoms with van der Waals surface area (Å²) < 4.78 is 31.2. The molecular weight excluding hydrogens is 454 g/mol. The summed E-state index contributed by atoms with van der Waals surface area (Å²) >= 11 is 0. The Morgan fingerprint density at radius 2 is 1.68 bits per heavy atom. The van der Waals surface area contributed by atoms with E-state index in [1.54, 1.807) is 20.8 Å². The molecule has 0 heterocycles. The van der Waals surface area contributed by atoms with Crippen LogP contribution >= 0.6 is 0 Å². The van der Waals surface area contributed by atoms with Crippen LogP contribution in [0.1, 0.15) is 46.6 Å². The van der Waals surface area contributed by atoms with Gasteiger partial charge in [-0.3, -0.25) is 0 Å². The quantitative estimate of drug-likeness (QED) is 0.343. The first-order valence-corrected chi connectivity index (χ1v) is 13.0. The van der Waals surface area contributed by atoms with E-state index < -0.39 is 32.9 Å². The van der Waals surface area contributed by atoms with Crippen molar-refractivity contribution in [3.63, 3.8) is 0 Å². The van der Waals surface area contributed by atoms with Gasteiger partial charge in [0.15, 0.2) is 9.84 Å². The average Bonchev–Trinajstić information content (AvgIpc) is 2.72. The number of ether oxygens (including phenoxy) is 1. The van der Waals surface area contributed by atoms with Crippen molar-refractivity contribution in [2.75, 3.05) is 18.0 Å². The predicted molar refractivity (Wildman–Crippen MR) is 134 cm³/mol. The molecule has 0 fully saturated rings. The van der Waals surface area contributed by atoms with E-state index in [-0.39, 0.29) is 17.5 Å². The molecule has 2 rings (SSSR count). The molecule has 1 amide bonds. The molecule has 9 heteroatoms. The van der Waals surface area contributed by atoms with Crippen molar-refractivity contribution in [2.45, 2.75) is 69.6 Å². The minimum absolute atomic E-state index is 0.0708. The number of nitrogens with one attached hydrogen (secondary N) is 1. The van der Waals surface area contributed by atoms with Crippen molar-refractivity contribution in [1.29, 1.82) is 0 Å². The fourth-order valence-corrected chi connectivity index (χ4v) is 5.07. The summed E-state index contributed by atoms with van der Waals surface area (Å²) in [6.45, 7) is 8.52. The zero-order chi connectivity index (χ0) is 25.6. The van der Waals surface area contributed by atoms with Gasteiger partial charge < -0.3 is 15.6 Å². The number of amides is 1. The maximum absolute atomic E-state index is 13.0. The van der Waals surface area contributed by atoms with Crippen LogP contribution in [-0.2, 0) is 21.0 Å². The van der Waals surface area contributed by atoms with Crippen LogP contribution < -0.4 is 11.2 Å². The van der Waals surface area contributed by atoms with E-state index >= 15 is 0 Å². The summed E-state index contributed by atoms with van der Waals surface area (Å²) in [6.07, 6.45) is 0.593. The third-order valence-corrected chi connectivity index (χ3v) is 7.10. The van der Waals surface area contributed by atoms with Gasteiger partial charge in [0.05, 0.1) is 22.3 Å². The Hall–Kier alpha value is -2.62. The summed E-state index contributed by atoms with van der Waals surface area (Å²) in [6, 6.07) is 15.3. The van der Waals surface area contributed by atoms with E-state index in [1.807, 2.05) is 37.3 Å². The van der Waals surface area contributed by atoms with Gasteiger partial charge in [0.25, 0.3) is 0 Å². The number of nitrogen functional groups attached to an aromatic ring is 1. The SMILES string of the molecule is CCC(Cc1ccccc1)N(NC[C@@](C)(O)CS(=O)(=O)c1ccc(N)cc1)C(=O)OC(C)(C)C. The Bertz CT molecular complexity index is 1030. The lowest BCUT2D eigenvalue weighted by Crippen LogP contribution is -2.56. The molecule has 0 aliphatic rings. The van der Waals surface area contributed by atoms with Gasteiger partial charge in [0.2, 0.25) is 0 Å². The molecule has 188 valence electrons. The lowest BCUT2D eigenvalue weighted by molar-refractivity contribution is -0.0111. The van der Waals surface area contributed by atoms with E-state index in [9.17, 15) is 18.3 Å². The number of nitrogens with two attached hydrogens (primary N) is 1. The van der Waals surface area contributed by atoms with Crippen LogP contribution in [0.3, 0.4) is 0 Å². The fourth-order valence-electron chi connectivity index (χ4n) is 3.43. The minimum Gasteiger partial charge on any atom is -0.443 e. The number of anilines is 1. The normalized spacial score (nSPS) is 14.8. The molecule has 0 radical (unpaired) electrons. The Labute approximate surface area is 203 Å². The highest BCUT2D eigenvalue weighted by atomic mass is 32.2. The van der Waals surface area contributed by atoms with Crippen molar-refractivity contribution in [2.24, 2.45) is 0 Å². The van der Waals surface area contributed by atoms with Crippen molar-refractivity contribution >= 4 is 21.6 Å². The van der Waals surface area contributed by atoms with Gasteiger partial charge in [0, 0.05) is 12.2 Å². The minimum atomic E-state index is -3.79. The van der Waals surface area contributed by atoms with Crippen LogP contribution in [0.2, 0.25) is 0 Å². The maximum Gasteiger partial charge on any atom is 0.425 e. The first-order valence-electron chi connectivity index (χ1n) is 11.3. The van der Waals surface area contributed by atoms with Crippen molar-refractivity contribution < 1.29 is 23.1 Å². The molecular formula is C25H37N3O5S. The number of nitrogens with zero attached hydrogens (tertiary/aromatic N) is 1. The first kappa shape index (κ1) is 27.6. The lowest BCUT2D eigenvalue weighted by Gasteiger charge is -2.35. The third kappa shape index (κ3) is 8.62. The largest absolute Gasteiger partial charge is 0.443 e. The van der Waals surface area contributed by atoms with Crippen molar-refractivity contribution in [3.8, 4) is 0 Å². The molecule has 2 atom stereocenters. The van der Waals surface area contributed by atoms with Crippen LogP contribution in [0.4, 0.5) is 10.5 Å². The average molecular weight is 492 g/mol. The number of hydrazine groups is 1. The van der Waals surface area contributed by atoms with Gasteiger partial charge in [-0.1, -0.05) is 37.3 Å². The van der Waals surface area contributed by atoms with Gasteiger partial charge in [-0.05, 0) is 70.4 Å². The standard InChI is InChI=1S/C25H37N3O5S/c1-6-21(16-19-10-8-7-9-11-19)28(23(29)33-24(2,3)4)27-17-25(5,30)18-34(31,32)22-14-12-20(26)13-15-22/h7-15,21,27,30H,6,16-18,26H2,1-5H3/t21?,25-/m1/s1. The smallest absolute Gasteiger partial charge is 0.425 e. The summed E-state index contributed by atoms with van der Waals surface area (Å²) in [7, 11) is -3.79. The van der Waals surface area contributed by atoms with E-state index in [2.05, 4.69) is 5.43 Å². The monoisotopic (exact) mass is 491 g/mol. The predicted octanol–water partition coefficient (Wildman–Crippen LogP) is 3.56. The summed E-state index contributed by atoms with van der Waals surface area (Å²) in [5, 5.41) is 12.3. The van der Waals surface area contributed by atoms with Crippen LogP contribution in [0, 0.1) is 0 Å². The second-order valence-corrected chi connectivity index (χ2v) is 11.8. The lowest BCUT2D eigenvalue weighted by atomic mass is 10.0. The summed E-state index contributed by atoms with van der Waals surface area (Å²) in [5.74, 6) is -0.533. The Morgan fingerprint density at radius 1 is 1.09 bits per heavy atom. The molecule has 2 aromatic carbocycles. The van der Waals surface area contributed by atoms with E-state index in [1.165, 1.54) is 36.2 Å². The van der Waals surface area contributed by atoms with E-state index in [0.29, 0.717) is 18.5 Å². The Kier molecular flexibility index (Phi) is 9.10. The summed E-state index contributed by atoms with van der Waals surface area (Å²) in [5.41, 5.74) is 7.72. The number of benzene rings is 2. The van der Waals surface area contributed by atoms with Crippen LogP contribution in [0.5, 0.6) is 0 Å². The Balaban J connectivity index is 2.20. The second kappa shape index (κ2) is 11.2. The van der Waals surface area contributed by atoms with Crippen LogP contribution in [-0.4, -0.2) is 54.2 Å². The Morgan fingerprint density at radius 3 is 2.21 bits per heavy atom. The van der Waals surface area contributed by atoms with Crippen LogP contribution in [0.15, 0.2) is 59.5 Å². The first-order chi connectivity index (χ1) is 15.7. The number of sulfone groups is 1. The molecule has 1 unspecified atom stereocenters. The van der Waals surface area contributed by atoms with Crippen molar-refractivity contribution in [1.82, 2.24) is 10.4 Å². The highest BCUT2D eigenvalue weighted by molar-refractivity contribution is 7.91. The van der Waals surface area contributed by atoms with E-state index in [0.717, 1.165) is 5.56 Å². The highest BCUT2D eigenvalue weighted by Crippen LogP contribution is 2.20. The molecule has 0 spiro atoms. The number of hydrogen-bond acceptors (Lipinski definition) is 7. The van der Waals surface area contributed by atoms with Gasteiger partial charge in [0.1, 0.15) is 5.60 Å². The molecule has 4 N–H and O–H groups in total. The number of carbonyl (C=O) groups is 1. The number of rotatable bonds is 10. The molecule has 0 aliphatic carbocycles. The molecule has 0 bridgehead atoms. The summed E-state index contributed by atoms with van der Waals surface area (Å²) in [4.78, 5) is 13.1. The maximum atomic E-state index is 13.0. The second-order valence-electron chi connectivity index (χ2n) is 9.76. The highest BCUT2D eigenvalue weighted by Gasteiger charge is 2.33. The van der Waals surface area contributed by atoms with Gasteiger partial charge >= 0.3 is 6.09 Å². The molecule has 8 nitrogen and oxygen atoms in total. The van der Waals surface area contributed by atoms with Crippen molar-refractivity contribution in [3.05, 3.63) is 60.2 Å². The number of carbonyl (C=O) groups excluding carboxylic acids is 1. The molecule has 0 saturated carbocycles. The van der Waals surface area contributed by atoms with Gasteiger partial charge in [-0.15, -0.1) is 0 Å². The number of aliphatic hydroxyl groups is 1. The molecule has 0 saturated heterocycles. The molecule has 0 aliphatic heterocycles. The zero-order valence-corrected chi connectivity index (χ0v) is 21.4. The molecule has 0 aromatic heterocycles. The number of hydrogen-bond donors (Lipinski definition) is 3. The third-order valence-electron chi connectivity index (χ3n) is 5.11.